The molecule has 0 bridgehead atoms. The van der Waals surface area contributed by atoms with Crippen LogP contribution in [0.2, 0.25) is 5.15 Å². The van der Waals surface area contributed by atoms with Gasteiger partial charge in [-0.2, -0.15) is 4.98 Å². The van der Waals surface area contributed by atoms with E-state index in [1.54, 1.807) is 4.90 Å². The van der Waals surface area contributed by atoms with Gasteiger partial charge in [-0.3, -0.25) is 4.79 Å². The SMILES string of the molecule is CSc1nc(Cl)c2c(n1)OCCCN(Cc1ccccc1)C2=O. The molecule has 3 rings (SSSR count). The van der Waals surface area contributed by atoms with Crippen LogP contribution in [-0.2, 0) is 6.54 Å². The van der Waals surface area contributed by atoms with Gasteiger partial charge in [-0.05, 0) is 18.2 Å². The van der Waals surface area contributed by atoms with Crippen molar-refractivity contribution in [2.75, 3.05) is 19.4 Å². The highest BCUT2D eigenvalue weighted by atomic mass is 35.5. The van der Waals surface area contributed by atoms with E-state index in [1.165, 1.54) is 11.8 Å². The first kappa shape index (κ1) is 16.1. The normalized spacial score (nSPS) is 14.7. The van der Waals surface area contributed by atoms with Crippen molar-refractivity contribution in [1.29, 1.82) is 0 Å². The van der Waals surface area contributed by atoms with Gasteiger partial charge in [-0.25, -0.2) is 4.98 Å². The molecule has 1 aliphatic rings. The molecule has 1 aliphatic heterocycles. The molecule has 0 N–H and O–H groups in total. The number of hydrogen-bond donors (Lipinski definition) is 0. The fourth-order valence-electron chi connectivity index (χ4n) is 2.41. The Kier molecular flexibility index (Phi) is 5.03. The monoisotopic (exact) mass is 349 g/mol. The summed E-state index contributed by atoms with van der Waals surface area (Å²) >= 11 is 7.58. The van der Waals surface area contributed by atoms with E-state index in [9.17, 15) is 4.79 Å². The summed E-state index contributed by atoms with van der Waals surface area (Å²) in [6.07, 6.45) is 2.60. The lowest BCUT2D eigenvalue weighted by Gasteiger charge is -2.26. The standard InChI is InChI=1S/C16H16ClN3O2S/c1-23-16-18-13(17)12-14(19-16)22-9-5-8-20(15(12)21)10-11-6-3-2-4-7-11/h2-4,6-7H,5,8-10H2,1H3. The first-order chi connectivity index (χ1) is 11.2. The number of hydrogen-bond acceptors (Lipinski definition) is 5. The van der Waals surface area contributed by atoms with Crippen LogP contribution in [0.5, 0.6) is 5.88 Å². The first-order valence-electron chi connectivity index (χ1n) is 7.26. The van der Waals surface area contributed by atoms with Crippen LogP contribution >= 0.6 is 23.4 Å². The number of fused-ring (bicyclic) bond motifs is 1. The lowest BCUT2D eigenvalue weighted by Crippen LogP contribution is -2.35. The molecule has 0 atom stereocenters. The number of carbonyl (C=O) groups is 1. The van der Waals surface area contributed by atoms with Crippen LogP contribution in [0.15, 0.2) is 35.5 Å². The van der Waals surface area contributed by atoms with Crippen molar-refractivity contribution in [3.8, 4) is 5.88 Å². The van der Waals surface area contributed by atoms with Crippen LogP contribution in [-0.4, -0.2) is 40.2 Å². The van der Waals surface area contributed by atoms with Gasteiger partial charge < -0.3 is 9.64 Å². The minimum Gasteiger partial charge on any atom is -0.477 e. The zero-order chi connectivity index (χ0) is 16.2. The highest BCUT2D eigenvalue weighted by molar-refractivity contribution is 7.98. The molecular formula is C16H16ClN3O2S. The van der Waals surface area contributed by atoms with Gasteiger partial charge in [0.15, 0.2) is 5.16 Å². The van der Waals surface area contributed by atoms with E-state index in [1.807, 2.05) is 36.6 Å². The summed E-state index contributed by atoms with van der Waals surface area (Å²) in [6, 6.07) is 9.87. The number of rotatable bonds is 3. The average molecular weight is 350 g/mol. The smallest absolute Gasteiger partial charge is 0.262 e. The molecule has 0 unspecified atom stereocenters. The lowest BCUT2D eigenvalue weighted by atomic mass is 10.1. The maximum absolute atomic E-state index is 12.9. The third-order valence-electron chi connectivity index (χ3n) is 3.52. The molecule has 2 aromatic rings. The molecule has 2 heterocycles. The van der Waals surface area contributed by atoms with Crippen LogP contribution in [0.3, 0.4) is 0 Å². The second-order valence-electron chi connectivity index (χ2n) is 5.10. The Labute approximate surface area is 144 Å². The van der Waals surface area contributed by atoms with Crippen molar-refractivity contribution in [2.24, 2.45) is 0 Å². The fraction of sp³-hybridized carbons (Fsp3) is 0.312. The highest BCUT2D eigenvalue weighted by Gasteiger charge is 2.27. The number of benzene rings is 1. The number of thioether (sulfide) groups is 1. The number of aromatic nitrogens is 2. The van der Waals surface area contributed by atoms with Crippen molar-refractivity contribution in [1.82, 2.24) is 14.9 Å². The molecule has 0 aliphatic carbocycles. The van der Waals surface area contributed by atoms with Crippen molar-refractivity contribution >= 4 is 29.3 Å². The molecule has 120 valence electrons. The third-order valence-corrected chi connectivity index (χ3v) is 4.34. The van der Waals surface area contributed by atoms with Crippen LogP contribution < -0.4 is 4.74 Å². The van der Waals surface area contributed by atoms with Gasteiger partial charge in [0.05, 0.1) is 6.61 Å². The van der Waals surface area contributed by atoms with Gasteiger partial charge in [0.2, 0.25) is 5.88 Å². The van der Waals surface area contributed by atoms with E-state index in [-0.39, 0.29) is 22.5 Å². The Morgan fingerprint density at radius 2 is 2.09 bits per heavy atom. The van der Waals surface area contributed by atoms with E-state index in [2.05, 4.69) is 9.97 Å². The molecule has 0 saturated carbocycles. The number of amides is 1. The molecule has 1 aromatic heterocycles. The minimum absolute atomic E-state index is 0.143. The van der Waals surface area contributed by atoms with Gasteiger partial charge in [0, 0.05) is 13.1 Å². The predicted molar refractivity (Wildman–Crippen MR) is 90.1 cm³/mol. The first-order valence-corrected chi connectivity index (χ1v) is 8.87. The van der Waals surface area contributed by atoms with Gasteiger partial charge in [-0.15, -0.1) is 0 Å². The highest BCUT2D eigenvalue weighted by Crippen LogP contribution is 2.29. The zero-order valence-corrected chi connectivity index (χ0v) is 14.2. The van der Waals surface area contributed by atoms with Crippen LogP contribution in [0.25, 0.3) is 0 Å². The number of ether oxygens (including phenoxy) is 1. The van der Waals surface area contributed by atoms with Gasteiger partial charge >= 0.3 is 0 Å². The molecule has 5 nitrogen and oxygen atoms in total. The summed E-state index contributed by atoms with van der Waals surface area (Å²) in [6.45, 7) is 1.63. The van der Waals surface area contributed by atoms with E-state index in [4.69, 9.17) is 16.3 Å². The predicted octanol–water partition coefficient (Wildman–Crippen LogP) is 3.28. The summed E-state index contributed by atoms with van der Waals surface area (Å²) in [4.78, 5) is 23.1. The van der Waals surface area contributed by atoms with Crippen molar-refractivity contribution in [2.45, 2.75) is 18.1 Å². The summed E-state index contributed by atoms with van der Waals surface area (Å²) in [5.74, 6) is 0.0818. The largest absolute Gasteiger partial charge is 0.477 e. The minimum atomic E-state index is -0.193. The molecule has 0 fully saturated rings. The Bertz CT molecular complexity index is 712. The van der Waals surface area contributed by atoms with Crippen LogP contribution in [0, 0.1) is 0 Å². The Morgan fingerprint density at radius 1 is 1.30 bits per heavy atom. The van der Waals surface area contributed by atoms with Crippen LogP contribution in [0.1, 0.15) is 22.3 Å². The zero-order valence-electron chi connectivity index (χ0n) is 12.7. The second-order valence-corrected chi connectivity index (χ2v) is 6.23. The van der Waals surface area contributed by atoms with Crippen LogP contribution in [0.4, 0.5) is 0 Å². The van der Waals surface area contributed by atoms with Crippen molar-refractivity contribution in [3.05, 3.63) is 46.6 Å². The van der Waals surface area contributed by atoms with E-state index in [0.29, 0.717) is 24.9 Å². The Hall–Kier alpha value is -1.79. The van der Waals surface area contributed by atoms with E-state index >= 15 is 0 Å². The van der Waals surface area contributed by atoms with Crippen molar-refractivity contribution < 1.29 is 9.53 Å². The molecule has 0 saturated heterocycles. The topological polar surface area (TPSA) is 55.3 Å². The van der Waals surface area contributed by atoms with Crippen molar-refractivity contribution in [3.63, 3.8) is 0 Å². The Morgan fingerprint density at radius 3 is 2.83 bits per heavy atom. The molecule has 7 heteroatoms. The number of nitrogens with zero attached hydrogens (tertiary/aromatic N) is 3. The summed E-state index contributed by atoms with van der Waals surface area (Å²) < 4.78 is 5.62. The maximum Gasteiger partial charge on any atom is 0.262 e. The summed E-state index contributed by atoms with van der Waals surface area (Å²) in [5.41, 5.74) is 1.32. The quantitative estimate of drug-likeness (QED) is 0.483. The molecule has 0 spiro atoms. The second kappa shape index (κ2) is 7.19. The number of carbonyl (C=O) groups excluding carboxylic acids is 1. The van der Waals surface area contributed by atoms with Gasteiger partial charge in [0.25, 0.3) is 5.91 Å². The van der Waals surface area contributed by atoms with Gasteiger partial charge in [-0.1, -0.05) is 53.7 Å². The molecular weight excluding hydrogens is 334 g/mol. The Balaban J connectivity index is 1.95. The summed E-state index contributed by atoms with van der Waals surface area (Å²) in [5, 5.41) is 0.640. The van der Waals surface area contributed by atoms with E-state index in [0.717, 1.165) is 12.0 Å². The molecule has 1 amide bonds. The molecule has 1 aromatic carbocycles. The lowest BCUT2D eigenvalue weighted by molar-refractivity contribution is 0.0709. The maximum atomic E-state index is 12.9. The van der Waals surface area contributed by atoms with Gasteiger partial charge in [0.1, 0.15) is 10.7 Å². The molecule has 0 radical (unpaired) electrons. The summed E-state index contributed by atoms with van der Waals surface area (Å²) in [7, 11) is 0. The fourth-order valence-corrected chi connectivity index (χ4v) is 3.06. The molecule has 23 heavy (non-hydrogen) atoms. The number of halogens is 1. The van der Waals surface area contributed by atoms with E-state index < -0.39 is 0 Å². The third kappa shape index (κ3) is 3.59. The average Bonchev–Trinajstić information content (AvgIpc) is 2.56.